The number of carboxylic acid groups (broad SMARTS) is 1. The largest absolute Gasteiger partial charge is 0.465 e. The molecule has 11 heteroatoms. The zero-order chi connectivity index (χ0) is 27.4. The topological polar surface area (TPSA) is 159 Å². The van der Waals surface area contributed by atoms with Gasteiger partial charge >= 0.3 is 6.09 Å². The maximum atomic E-state index is 11.4. The van der Waals surface area contributed by atoms with Crippen LogP contribution in [0.3, 0.4) is 0 Å². The number of nitrogens with one attached hydrogen (secondary N) is 2. The Bertz CT molecular complexity index is 1520. The number of pyridine rings is 1. The predicted molar refractivity (Wildman–Crippen MR) is 143 cm³/mol. The SMILES string of the molecule is CC(C)(C#N)c1cc(-c2cnc(NC(=O)O)c(-c3cc(-c4ccc(CN[C@H]5CCOC5)cc4)no3)n2)ccn1. The van der Waals surface area contributed by atoms with Gasteiger partial charge in [-0.3, -0.25) is 10.3 Å². The molecule has 4 aromatic rings. The van der Waals surface area contributed by atoms with Crippen molar-refractivity contribution in [3.05, 3.63) is 66.1 Å². The van der Waals surface area contributed by atoms with E-state index >= 15 is 0 Å². The van der Waals surface area contributed by atoms with Gasteiger partial charge < -0.3 is 19.7 Å². The molecule has 3 aromatic heterocycles. The third-order valence-electron chi connectivity index (χ3n) is 6.49. The average Bonchev–Trinajstić information content (AvgIpc) is 3.65. The lowest BCUT2D eigenvalue weighted by Gasteiger charge is -2.15. The van der Waals surface area contributed by atoms with E-state index in [1.54, 1.807) is 38.2 Å². The highest BCUT2D eigenvalue weighted by Gasteiger charge is 2.23. The van der Waals surface area contributed by atoms with Crippen molar-refractivity contribution in [3.63, 3.8) is 0 Å². The predicted octanol–water partition coefficient (Wildman–Crippen LogP) is 4.63. The fraction of sp³-hybridized carbons (Fsp3) is 0.286. The molecule has 1 fully saturated rings. The number of hydrogen-bond donors (Lipinski definition) is 3. The van der Waals surface area contributed by atoms with E-state index < -0.39 is 11.5 Å². The number of nitriles is 1. The summed E-state index contributed by atoms with van der Waals surface area (Å²) in [4.78, 5) is 24.7. The van der Waals surface area contributed by atoms with E-state index in [9.17, 15) is 15.2 Å². The lowest BCUT2D eigenvalue weighted by Crippen LogP contribution is -2.28. The summed E-state index contributed by atoms with van der Waals surface area (Å²) in [6, 6.07) is 15.8. The van der Waals surface area contributed by atoms with E-state index in [-0.39, 0.29) is 17.3 Å². The van der Waals surface area contributed by atoms with Gasteiger partial charge in [-0.1, -0.05) is 29.4 Å². The van der Waals surface area contributed by atoms with Gasteiger partial charge in [-0.05, 0) is 38.0 Å². The molecule has 39 heavy (non-hydrogen) atoms. The van der Waals surface area contributed by atoms with Crippen molar-refractivity contribution >= 4 is 11.9 Å². The first-order chi connectivity index (χ1) is 18.8. The third-order valence-corrected chi connectivity index (χ3v) is 6.49. The number of anilines is 1. The number of aromatic nitrogens is 4. The fourth-order valence-corrected chi connectivity index (χ4v) is 4.16. The summed E-state index contributed by atoms with van der Waals surface area (Å²) in [5.41, 5.74) is 3.65. The molecular weight excluding hydrogens is 498 g/mol. The van der Waals surface area contributed by atoms with Crippen molar-refractivity contribution in [2.45, 2.75) is 38.3 Å². The summed E-state index contributed by atoms with van der Waals surface area (Å²) in [6.45, 7) is 5.83. The monoisotopic (exact) mass is 525 g/mol. The molecule has 0 bridgehead atoms. The minimum Gasteiger partial charge on any atom is -0.465 e. The fourth-order valence-electron chi connectivity index (χ4n) is 4.16. The molecule has 1 aromatic carbocycles. The summed E-state index contributed by atoms with van der Waals surface area (Å²) in [5, 5.41) is 28.8. The number of amides is 1. The van der Waals surface area contributed by atoms with Crippen LogP contribution >= 0.6 is 0 Å². The second kappa shape index (κ2) is 11.0. The molecule has 0 aliphatic carbocycles. The smallest absolute Gasteiger partial charge is 0.410 e. The Labute approximate surface area is 224 Å². The Balaban J connectivity index is 1.42. The highest BCUT2D eigenvalue weighted by molar-refractivity contribution is 5.87. The molecule has 0 unspecified atom stereocenters. The van der Waals surface area contributed by atoms with Crippen molar-refractivity contribution in [2.24, 2.45) is 0 Å². The van der Waals surface area contributed by atoms with Crippen LogP contribution in [0.4, 0.5) is 10.6 Å². The van der Waals surface area contributed by atoms with Crippen LogP contribution in [0, 0.1) is 11.3 Å². The number of ether oxygens (including phenoxy) is 1. The zero-order valence-corrected chi connectivity index (χ0v) is 21.5. The van der Waals surface area contributed by atoms with Gasteiger partial charge in [0.25, 0.3) is 0 Å². The average molecular weight is 526 g/mol. The molecule has 1 atom stereocenters. The second-order valence-corrected chi connectivity index (χ2v) is 9.76. The van der Waals surface area contributed by atoms with E-state index in [0.717, 1.165) is 37.3 Å². The summed E-state index contributed by atoms with van der Waals surface area (Å²) in [6.07, 6.45) is 2.79. The summed E-state index contributed by atoms with van der Waals surface area (Å²) >= 11 is 0. The Hall–Kier alpha value is -4.66. The van der Waals surface area contributed by atoms with E-state index in [2.05, 4.69) is 36.8 Å². The summed E-state index contributed by atoms with van der Waals surface area (Å²) in [7, 11) is 0. The van der Waals surface area contributed by atoms with Crippen molar-refractivity contribution in [3.8, 4) is 40.0 Å². The highest BCUT2D eigenvalue weighted by atomic mass is 16.5. The van der Waals surface area contributed by atoms with Crippen LogP contribution in [0.15, 0.2) is 59.4 Å². The standard InChI is InChI=1S/C28H27N7O4/c1-28(2,16-29)24-11-19(7-9-30-24)22-14-32-26(34-27(36)37)25(33-22)23-12-21(35-39-23)18-5-3-17(4-6-18)13-31-20-8-10-38-15-20/h3-7,9,11-12,14,20,31H,8,10,13,15H2,1-2H3,(H,32,34)(H,36,37)/t20-/m0/s1. The molecular formula is C28H27N7O4. The van der Waals surface area contributed by atoms with Gasteiger partial charge in [0, 0.05) is 42.6 Å². The first-order valence-corrected chi connectivity index (χ1v) is 12.4. The van der Waals surface area contributed by atoms with Crippen LogP contribution < -0.4 is 10.6 Å². The minimum absolute atomic E-state index is 0.0119. The number of hydrogen-bond acceptors (Lipinski definition) is 9. The van der Waals surface area contributed by atoms with Gasteiger partial charge in [0.15, 0.2) is 17.3 Å². The number of benzene rings is 1. The highest BCUT2D eigenvalue weighted by Crippen LogP contribution is 2.32. The minimum atomic E-state index is -1.28. The van der Waals surface area contributed by atoms with Gasteiger partial charge in [-0.25, -0.2) is 14.8 Å². The number of carbonyl (C=O) groups is 1. The third kappa shape index (κ3) is 5.93. The molecule has 1 aliphatic heterocycles. The molecule has 5 rings (SSSR count). The zero-order valence-electron chi connectivity index (χ0n) is 21.5. The molecule has 0 saturated carbocycles. The van der Waals surface area contributed by atoms with E-state index in [1.165, 1.54) is 6.20 Å². The molecule has 0 spiro atoms. The molecule has 3 N–H and O–H groups in total. The molecule has 11 nitrogen and oxygen atoms in total. The first-order valence-electron chi connectivity index (χ1n) is 12.4. The molecule has 1 aliphatic rings. The Kier molecular flexibility index (Phi) is 7.31. The number of rotatable bonds is 8. The summed E-state index contributed by atoms with van der Waals surface area (Å²) in [5.74, 6) is 0.264. The van der Waals surface area contributed by atoms with E-state index in [1.807, 2.05) is 24.3 Å². The molecule has 0 radical (unpaired) electrons. The van der Waals surface area contributed by atoms with Gasteiger partial charge in [-0.2, -0.15) is 5.26 Å². The lowest BCUT2D eigenvalue weighted by atomic mass is 9.90. The van der Waals surface area contributed by atoms with Gasteiger partial charge in [-0.15, -0.1) is 0 Å². The van der Waals surface area contributed by atoms with Crippen LogP contribution in [0.1, 0.15) is 31.5 Å². The van der Waals surface area contributed by atoms with Gasteiger partial charge in [0.1, 0.15) is 5.69 Å². The molecule has 198 valence electrons. The molecule has 1 amide bonds. The van der Waals surface area contributed by atoms with Crippen molar-refractivity contribution < 1.29 is 19.2 Å². The second-order valence-electron chi connectivity index (χ2n) is 9.76. The van der Waals surface area contributed by atoms with E-state index in [0.29, 0.717) is 28.7 Å². The van der Waals surface area contributed by atoms with Crippen molar-refractivity contribution in [1.82, 2.24) is 25.4 Å². The van der Waals surface area contributed by atoms with Crippen molar-refractivity contribution in [2.75, 3.05) is 18.5 Å². The Morgan fingerprint density at radius 3 is 2.69 bits per heavy atom. The molecule has 4 heterocycles. The van der Waals surface area contributed by atoms with Gasteiger partial charge in [0.05, 0.1) is 35.7 Å². The Morgan fingerprint density at radius 2 is 1.97 bits per heavy atom. The van der Waals surface area contributed by atoms with Crippen LogP contribution in [0.25, 0.3) is 34.0 Å². The quantitative estimate of drug-likeness (QED) is 0.296. The Morgan fingerprint density at radius 1 is 1.15 bits per heavy atom. The first kappa shape index (κ1) is 26.0. The van der Waals surface area contributed by atoms with Crippen LogP contribution in [-0.2, 0) is 16.7 Å². The van der Waals surface area contributed by atoms with Gasteiger partial charge in [0.2, 0.25) is 0 Å². The molecule has 1 saturated heterocycles. The lowest BCUT2D eigenvalue weighted by molar-refractivity contribution is 0.190. The van der Waals surface area contributed by atoms with Crippen LogP contribution in [-0.4, -0.2) is 50.6 Å². The van der Waals surface area contributed by atoms with Crippen LogP contribution in [0.5, 0.6) is 0 Å². The maximum absolute atomic E-state index is 11.4. The van der Waals surface area contributed by atoms with E-state index in [4.69, 9.17) is 9.26 Å². The van der Waals surface area contributed by atoms with Crippen LogP contribution in [0.2, 0.25) is 0 Å². The van der Waals surface area contributed by atoms with Crippen molar-refractivity contribution in [1.29, 1.82) is 5.26 Å². The summed E-state index contributed by atoms with van der Waals surface area (Å²) < 4.78 is 11.0. The maximum Gasteiger partial charge on any atom is 0.410 e. The number of nitrogens with zero attached hydrogens (tertiary/aromatic N) is 5. The normalized spacial score (nSPS) is 15.2.